The lowest BCUT2D eigenvalue weighted by molar-refractivity contribution is 0.257. The van der Waals surface area contributed by atoms with Gasteiger partial charge in [-0.3, -0.25) is 4.67 Å². The fourth-order valence-corrected chi connectivity index (χ4v) is 3.36. The van der Waals surface area contributed by atoms with Gasteiger partial charge in [0.2, 0.25) is 0 Å². The third-order valence-electron chi connectivity index (χ3n) is 3.84. The van der Waals surface area contributed by atoms with Gasteiger partial charge in [-0.05, 0) is 58.3 Å². The van der Waals surface area contributed by atoms with Gasteiger partial charge in [0.1, 0.15) is 0 Å². The molecule has 1 aliphatic carbocycles. The van der Waals surface area contributed by atoms with Crippen molar-refractivity contribution in [1.82, 2.24) is 4.67 Å². The molecule has 1 saturated heterocycles. The SMILES string of the molecule is C=PN1CCC(C2CC2CCN)CC1. The summed E-state index contributed by atoms with van der Waals surface area (Å²) in [4.78, 5) is 0. The van der Waals surface area contributed by atoms with E-state index >= 15 is 0 Å². The summed E-state index contributed by atoms with van der Waals surface area (Å²) in [5.41, 5.74) is 5.59. The fourth-order valence-electron chi connectivity index (χ4n) is 2.85. The summed E-state index contributed by atoms with van der Waals surface area (Å²) >= 11 is 0. The second kappa shape index (κ2) is 4.74. The molecule has 0 aromatic rings. The van der Waals surface area contributed by atoms with Crippen molar-refractivity contribution in [3.63, 3.8) is 0 Å². The van der Waals surface area contributed by atoms with E-state index in [1.807, 2.05) is 0 Å². The van der Waals surface area contributed by atoms with E-state index < -0.39 is 0 Å². The lowest BCUT2D eigenvalue weighted by atomic mass is 9.91. The van der Waals surface area contributed by atoms with E-state index in [1.165, 1.54) is 47.1 Å². The van der Waals surface area contributed by atoms with Crippen LogP contribution < -0.4 is 5.73 Å². The normalized spacial score (nSPS) is 34.9. The van der Waals surface area contributed by atoms with Crippen molar-refractivity contribution in [2.75, 3.05) is 19.6 Å². The monoisotopic (exact) mass is 212 g/mol. The van der Waals surface area contributed by atoms with Gasteiger partial charge in [0.05, 0.1) is 0 Å². The van der Waals surface area contributed by atoms with E-state index in [0.717, 1.165) is 24.3 Å². The van der Waals surface area contributed by atoms with Crippen LogP contribution in [0.25, 0.3) is 0 Å². The van der Waals surface area contributed by atoms with E-state index in [0.29, 0.717) is 0 Å². The van der Waals surface area contributed by atoms with E-state index in [4.69, 9.17) is 5.73 Å². The van der Waals surface area contributed by atoms with Crippen LogP contribution in [0.5, 0.6) is 0 Å². The average Bonchev–Trinajstić information content (AvgIpc) is 2.98. The third-order valence-corrected chi connectivity index (χ3v) is 4.64. The van der Waals surface area contributed by atoms with E-state index in [9.17, 15) is 0 Å². The van der Waals surface area contributed by atoms with Crippen LogP contribution in [-0.2, 0) is 0 Å². The van der Waals surface area contributed by atoms with Crippen molar-refractivity contribution in [3.8, 4) is 0 Å². The first-order valence-corrected chi connectivity index (χ1v) is 6.80. The van der Waals surface area contributed by atoms with Gasteiger partial charge in [0.15, 0.2) is 0 Å². The molecular weight excluding hydrogens is 191 g/mol. The molecule has 2 atom stereocenters. The highest BCUT2D eigenvalue weighted by atomic mass is 31.1. The first-order valence-electron chi connectivity index (χ1n) is 5.76. The molecule has 14 heavy (non-hydrogen) atoms. The first-order chi connectivity index (χ1) is 6.85. The van der Waals surface area contributed by atoms with Crippen molar-refractivity contribution in [2.24, 2.45) is 23.5 Å². The van der Waals surface area contributed by atoms with Crippen LogP contribution >= 0.6 is 8.35 Å². The van der Waals surface area contributed by atoms with Crippen molar-refractivity contribution in [3.05, 3.63) is 0 Å². The van der Waals surface area contributed by atoms with Crippen molar-refractivity contribution in [1.29, 1.82) is 0 Å². The number of piperidine rings is 1. The molecule has 2 aliphatic rings. The van der Waals surface area contributed by atoms with Gasteiger partial charge >= 0.3 is 0 Å². The lowest BCUT2D eigenvalue weighted by Crippen LogP contribution is -2.27. The largest absolute Gasteiger partial charge is 0.330 e. The zero-order chi connectivity index (χ0) is 9.97. The van der Waals surface area contributed by atoms with Gasteiger partial charge in [0.25, 0.3) is 0 Å². The Morgan fingerprint density at radius 2 is 2.07 bits per heavy atom. The second-order valence-corrected chi connectivity index (χ2v) is 5.52. The molecule has 3 heteroatoms. The third kappa shape index (κ3) is 2.36. The number of nitrogens with two attached hydrogens (primary N) is 1. The molecule has 1 heterocycles. The molecule has 0 spiro atoms. The molecule has 0 aromatic carbocycles. The molecule has 0 amide bonds. The van der Waals surface area contributed by atoms with Crippen molar-refractivity contribution < 1.29 is 0 Å². The standard InChI is InChI=1S/C11H21N2P/c1-14-13-6-3-9(4-7-13)11-8-10(11)2-5-12/h9-11H,1-8,12H2. The molecule has 0 radical (unpaired) electrons. The average molecular weight is 212 g/mol. The summed E-state index contributed by atoms with van der Waals surface area (Å²) in [5, 5.41) is 0. The van der Waals surface area contributed by atoms with Crippen LogP contribution in [0.15, 0.2) is 0 Å². The zero-order valence-corrected chi connectivity index (χ0v) is 9.76. The van der Waals surface area contributed by atoms with Crippen LogP contribution in [0.1, 0.15) is 25.7 Å². The number of hydrogen-bond acceptors (Lipinski definition) is 2. The maximum Gasteiger partial charge on any atom is 0.00691 e. The molecule has 0 bridgehead atoms. The number of rotatable bonds is 4. The highest BCUT2D eigenvalue weighted by molar-refractivity contribution is 7.33. The molecule has 0 aromatic heterocycles. The lowest BCUT2D eigenvalue weighted by Gasteiger charge is -2.29. The summed E-state index contributed by atoms with van der Waals surface area (Å²) in [6.07, 6.45) is 9.44. The summed E-state index contributed by atoms with van der Waals surface area (Å²) in [7, 11) is 1.21. The Kier molecular flexibility index (Phi) is 3.59. The van der Waals surface area contributed by atoms with Gasteiger partial charge in [-0.25, -0.2) is 0 Å². The van der Waals surface area contributed by atoms with Crippen LogP contribution in [-0.4, -0.2) is 30.6 Å². The molecule has 2 N–H and O–H groups in total. The topological polar surface area (TPSA) is 29.3 Å². The van der Waals surface area contributed by atoms with Gasteiger partial charge in [-0.15, -0.1) is 0 Å². The van der Waals surface area contributed by atoms with E-state index in [1.54, 1.807) is 0 Å². The molecule has 2 rings (SSSR count). The maximum atomic E-state index is 5.59. The van der Waals surface area contributed by atoms with Crippen molar-refractivity contribution >= 4 is 14.7 Å². The smallest absolute Gasteiger partial charge is 0.00691 e. The van der Waals surface area contributed by atoms with Crippen LogP contribution in [0.4, 0.5) is 0 Å². The Hall–Kier alpha value is 0.0900. The van der Waals surface area contributed by atoms with Crippen molar-refractivity contribution in [2.45, 2.75) is 25.7 Å². The molecule has 2 fully saturated rings. The minimum Gasteiger partial charge on any atom is -0.330 e. The first kappa shape index (κ1) is 10.6. The molecular formula is C11H21N2P. The van der Waals surface area contributed by atoms with Crippen LogP contribution in [0, 0.1) is 17.8 Å². The minimum absolute atomic E-state index is 0.886. The van der Waals surface area contributed by atoms with E-state index in [2.05, 4.69) is 11.0 Å². The Labute approximate surface area is 88.7 Å². The highest BCUT2D eigenvalue weighted by Crippen LogP contribution is 2.49. The van der Waals surface area contributed by atoms with Gasteiger partial charge in [0, 0.05) is 13.1 Å². The quantitative estimate of drug-likeness (QED) is 0.722. The number of nitrogens with zero attached hydrogens (tertiary/aromatic N) is 1. The van der Waals surface area contributed by atoms with Crippen LogP contribution in [0.2, 0.25) is 0 Å². The van der Waals surface area contributed by atoms with E-state index in [-0.39, 0.29) is 0 Å². The summed E-state index contributed by atoms with van der Waals surface area (Å²) in [6, 6.07) is 0. The minimum atomic E-state index is 0.886. The zero-order valence-electron chi connectivity index (χ0n) is 8.86. The predicted molar refractivity (Wildman–Crippen MR) is 63.6 cm³/mol. The summed E-state index contributed by atoms with van der Waals surface area (Å²) in [5.74, 6) is 3.01. The second-order valence-electron chi connectivity index (χ2n) is 4.67. The summed E-state index contributed by atoms with van der Waals surface area (Å²) in [6.45, 7) is 3.42. The van der Waals surface area contributed by atoms with Gasteiger partial charge < -0.3 is 5.73 Å². The van der Waals surface area contributed by atoms with Gasteiger partial charge in [-0.1, -0.05) is 6.30 Å². The molecule has 80 valence electrons. The molecule has 1 saturated carbocycles. The van der Waals surface area contributed by atoms with Gasteiger partial charge in [-0.2, -0.15) is 0 Å². The Morgan fingerprint density at radius 3 is 2.64 bits per heavy atom. The molecule has 1 aliphatic heterocycles. The Bertz CT molecular complexity index is 199. The summed E-state index contributed by atoms with van der Waals surface area (Å²) < 4.78 is 2.44. The Morgan fingerprint density at radius 1 is 1.36 bits per heavy atom. The van der Waals surface area contributed by atoms with Crippen LogP contribution in [0.3, 0.4) is 0 Å². The maximum absolute atomic E-state index is 5.59. The molecule has 2 nitrogen and oxygen atoms in total. The number of hydrogen-bond donors (Lipinski definition) is 1. The predicted octanol–water partition coefficient (Wildman–Crippen LogP) is 1.98. The fraction of sp³-hybridized carbons (Fsp3) is 0.909. The Balaban J connectivity index is 1.72. The highest BCUT2D eigenvalue weighted by Gasteiger charge is 2.42. The molecule has 2 unspecified atom stereocenters.